The molecule has 0 aromatic carbocycles. The summed E-state index contributed by atoms with van der Waals surface area (Å²) in [5, 5.41) is 0. The van der Waals surface area contributed by atoms with Crippen LogP contribution >= 0.6 is 11.6 Å². The minimum atomic E-state index is 0.0233. The predicted octanol–water partition coefficient (Wildman–Crippen LogP) is 3.73. The zero-order valence-corrected chi connectivity index (χ0v) is 13.9. The van der Waals surface area contributed by atoms with Crippen molar-refractivity contribution in [1.29, 1.82) is 0 Å². The molecule has 1 aromatic heterocycles. The maximum absolute atomic E-state index is 6.04. The second-order valence-electron chi connectivity index (χ2n) is 6.65. The molecule has 1 aliphatic rings. The van der Waals surface area contributed by atoms with Crippen molar-refractivity contribution in [3.63, 3.8) is 0 Å². The first-order chi connectivity index (χ1) is 9.32. The Morgan fingerprint density at radius 1 is 1.40 bits per heavy atom. The molecular formula is C16H25ClN2O. The highest BCUT2D eigenvalue weighted by Gasteiger charge is 2.29. The minimum Gasteiger partial charge on any atom is -0.376 e. The van der Waals surface area contributed by atoms with Crippen LogP contribution < -0.4 is 4.90 Å². The number of hydrogen-bond acceptors (Lipinski definition) is 3. The Kier molecular flexibility index (Phi) is 4.60. The van der Waals surface area contributed by atoms with E-state index in [1.54, 1.807) is 0 Å². The third-order valence-electron chi connectivity index (χ3n) is 3.99. The van der Waals surface area contributed by atoms with Gasteiger partial charge in [0.25, 0.3) is 0 Å². The Morgan fingerprint density at radius 3 is 2.60 bits per heavy atom. The Labute approximate surface area is 127 Å². The lowest BCUT2D eigenvalue weighted by atomic mass is 9.91. The van der Waals surface area contributed by atoms with Crippen molar-refractivity contribution < 1.29 is 4.74 Å². The molecule has 1 aliphatic heterocycles. The van der Waals surface area contributed by atoms with Crippen LogP contribution in [0.4, 0.5) is 5.82 Å². The lowest BCUT2D eigenvalue weighted by Gasteiger charge is -2.29. The van der Waals surface area contributed by atoms with Gasteiger partial charge in [0.05, 0.1) is 12.1 Å². The Hall–Kier alpha value is -0.800. The van der Waals surface area contributed by atoms with Gasteiger partial charge in [0, 0.05) is 30.6 Å². The average Bonchev–Trinajstić information content (AvgIpc) is 2.82. The summed E-state index contributed by atoms with van der Waals surface area (Å²) in [5.74, 6) is 1.51. The molecule has 0 bridgehead atoms. The van der Waals surface area contributed by atoms with Gasteiger partial charge < -0.3 is 9.64 Å². The number of nitrogens with zero attached hydrogens (tertiary/aromatic N) is 2. The molecule has 1 fully saturated rings. The molecule has 2 atom stereocenters. The molecule has 3 nitrogen and oxygen atoms in total. The molecule has 4 heteroatoms. The van der Waals surface area contributed by atoms with Crippen LogP contribution in [0, 0.1) is 0 Å². The summed E-state index contributed by atoms with van der Waals surface area (Å²) in [4.78, 5) is 7.08. The summed E-state index contributed by atoms with van der Waals surface area (Å²) in [6.45, 7) is 9.50. The fraction of sp³-hybridized carbons (Fsp3) is 0.688. The molecular weight excluding hydrogens is 272 g/mol. The number of pyridine rings is 1. The fourth-order valence-corrected chi connectivity index (χ4v) is 2.77. The SMILES string of the molecule is CC1OCCC1N(C)c1cc(CCl)cc(C(C)(C)C)n1. The number of aromatic nitrogens is 1. The van der Waals surface area contributed by atoms with Crippen molar-refractivity contribution in [2.45, 2.75) is 57.6 Å². The van der Waals surface area contributed by atoms with E-state index in [1.165, 1.54) is 0 Å². The van der Waals surface area contributed by atoms with Crippen LogP contribution in [0.2, 0.25) is 0 Å². The zero-order chi connectivity index (χ0) is 14.9. The topological polar surface area (TPSA) is 25.4 Å². The summed E-state index contributed by atoms with van der Waals surface area (Å²) in [7, 11) is 2.10. The van der Waals surface area contributed by atoms with E-state index in [1.807, 2.05) is 0 Å². The largest absolute Gasteiger partial charge is 0.376 e. The highest BCUT2D eigenvalue weighted by atomic mass is 35.5. The highest BCUT2D eigenvalue weighted by Crippen LogP contribution is 2.28. The van der Waals surface area contributed by atoms with Crippen LogP contribution in [-0.2, 0) is 16.0 Å². The monoisotopic (exact) mass is 296 g/mol. The molecule has 0 N–H and O–H groups in total. The molecule has 0 amide bonds. The van der Waals surface area contributed by atoms with Crippen LogP contribution in [-0.4, -0.2) is 30.8 Å². The summed E-state index contributed by atoms with van der Waals surface area (Å²) in [5.41, 5.74) is 2.24. The molecule has 0 saturated carbocycles. The van der Waals surface area contributed by atoms with Crippen molar-refractivity contribution in [2.24, 2.45) is 0 Å². The number of likely N-dealkylation sites (N-methyl/N-ethyl adjacent to an activating group) is 1. The Bertz CT molecular complexity index is 470. The molecule has 0 spiro atoms. The number of hydrogen-bond donors (Lipinski definition) is 0. The van der Waals surface area contributed by atoms with Gasteiger partial charge in [0.15, 0.2) is 0 Å². The third-order valence-corrected chi connectivity index (χ3v) is 4.30. The number of anilines is 1. The van der Waals surface area contributed by atoms with Gasteiger partial charge in [-0.25, -0.2) is 4.98 Å². The Morgan fingerprint density at radius 2 is 2.10 bits per heavy atom. The second-order valence-corrected chi connectivity index (χ2v) is 6.91. The first-order valence-corrected chi connectivity index (χ1v) is 7.78. The van der Waals surface area contributed by atoms with Crippen LogP contribution in [0.25, 0.3) is 0 Å². The van der Waals surface area contributed by atoms with Gasteiger partial charge in [-0.05, 0) is 31.0 Å². The van der Waals surface area contributed by atoms with E-state index in [0.29, 0.717) is 11.9 Å². The van der Waals surface area contributed by atoms with Crippen LogP contribution in [0.15, 0.2) is 12.1 Å². The third kappa shape index (κ3) is 3.26. The van der Waals surface area contributed by atoms with Gasteiger partial charge >= 0.3 is 0 Å². The number of alkyl halides is 1. The number of halogens is 1. The zero-order valence-electron chi connectivity index (χ0n) is 13.1. The van der Waals surface area contributed by atoms with Crippen molar-refractivity contribution >= 4 is 17.4 Å². The van der Waals surface area contributed by atoms with Gasteiger partial charge in [-0.2, -0.15) is 0 Å². The quantitative estimate of drug-likeness (QED) is 0.795. The van der Waals surface area contributed by atoms with Gasteiger partial charge in [0.1, 0.15) is 5.82 Å². The van der Waals surface area contributed by atoms with E-state index < -0.39 is 0 Å². The second kappa shape index (κ2) is 5.90. The maximum atomic E-state index is 6.04. The molecule has 20 heavy (non-hydrogen) atoms. The number of rotatable bonds is 3. The molecule has 2 heterocycles. The normalized spacial score (nSPS) is 23.1. The van der Waals surface area contributed by atoms with E-state index in [2.05, 4.69) is 51.8 Å². The highest BCUT2D eigenvalue weighted by molar-refractivity contribution is 6.17. The first kappa shape index (κ1) is 15.6. The van der Waals surface area contributed by atoms with E-state index in [-0.39, 0.29) is 11.5 Å². The lowest BCUT2D eigenvalue weighted by molar-refractivity contribution is 0.118. The standard InChI is InChI=1S/C16H25ClN2O/c1-11-13(6-7-20-11)19(5)15-9-12(10-17)8-14(18-15)16(2,3)4/h8-9,11,13H,6-7,10H2,1-5H3. The molecule has 1 saturated heterocycles. The molecule has 0 radical (unpaired) electrons. The van der Waals surface area contributed by atoms with Gasteiger partial charge in [-0.1, -0.05) is 20.8 Å². The van der Waals surface area contributed by atoms with Crippen LogP contribution in [0.3, 0.4) is 0 Å². The summed E-state index contributed by atoms with van der Waals surface area (Å²) >= 11 is 6.04. The van der Waals surface area contributed by atoms with Gasteiger partial charge in [0.2, 0.25) is 0 Å². The van der Waals surface area contributed by atoms with Gasteiger partial charge in [-0.15, -0.1) is 11.6 Å². The molecule has 2 rings (SSSR count). The molecule has 2 unspecified atom stereocenters. The van der Waals surface area contributed by atoms with E-state index in [9.17, 15) is 0 Å². The van der Waals surface area contributed by atoms with Gasteiger partial charge in [-0.3, -0.25) is 0 Å². The summed E-state index contributed by atoms with van der Waals surface area (Å²) in [6, 6.07) is 4.59. The average molecular weight is 297 g/mol. The first-order valence-electron chi connectivity index (χ1n) is 7.25. The van der Waals surface area contributed by atoms with E-state index in [4.69, 9.17) is 21.3 Å². The maximum Gasteiger partial charge on any atom is 0.129 e. The van der Waals surface area contributed by atoms with Crippen molar-refractivity contribution in [1.82, 2.24) is 4.98 Å². The molecule has 112 valence electrons. The van der Waals surface area contributed by atoms with Crippen molar-refractivity contribution in [2.75, 3.05) is 18.6 Å². The number of ether oxygens (including phenoxy) is 1. The smallest absolute Gasteiger partial charge is 0.129 e. The van der Waals surface area contributed by atoms with Crippen LogP contribution in [0.1, 0.15) is 45.4 Å². The minimum absolute atomic E-state index is 0.0233. The van der Waals surface area contributed by atoms with Crippen molar-refractivity contribution in [3.8, 4) is 0 Å². The van der Waals surface area contributed by atoms with E-state index in [0.717, 1.165) is 30.1 Å². The summed E-state index contributed by atoms with van der Waals surface area (Å²) in [6.07, 6.45) is 1.30. The van der Waals surface area contributed by atoms with Crippen molar-refractivity contribution in [3.05, 3.63) is 23.4 Å². The lowest BCUT2D eigenvalue weighted by Crippen LogP contribution is -2.37. The Balaban J connectivity index is 2.35. The molecule has 1 aromatic rings. The predicted molar refractivity (Wildman–Crippen MR) is 84.7 cm³/mol. The fourth-order valence-electron chi connectivity index (χ4n) is 2.61. The summed E-state index contributed by atoms with van der Waals surface area (Å²) < 4.78 is 5.67. The molecule has 0 aliphatic carbocycles. The van der Waals surface area contributed by atoms with E-state index >= 15 is 0 Å². The van der Waals surface area contributed by atoms with Crippen LogP contribution in [0.5, 0.6) is 0 Å².